The summed E-state index contributed by atoms with van der Waals surface area (Å²) < 4.78 is 0. The third kappa shape index (κ3) is 1.21. The summed E-state index contributed by atoms with van der Waals surface area (Å²) in [6.45, 7) is 0. The topological polar surface area (TPSA) is 0 Å². The van der Waals surface area contributed by atoms with E-state index < -0.39 is 0 Å². The van der Waals surface area contributed by atoms with Gasteiger partial charge in [-0.15, -0.1) is 0 Å². The first-order valence-electron chi connectivity index (χ1n) is 3.92. The molecule has 0 unspecified atom stereocenters. The molecule has 0 aliphatic heterocycles. The molecule has 0 spiro atoms. The van der Waals surface area contributed by atoms with Crippen molar-refractivity contribution in [1.29, 1.82) is 0 Å². The van der Waals surface area contributed by atoms with Crippen molar-refractivity contribution in [2.45, 2.75) is 0 Å². The average Bonchev–Trinajstić information content (AvgIpc) is 2.04. The van der Waals surface area contributed by atoms with Crippen LogP contribution in [0.4, 0.5) is 0 Å². The van der Waals surface area contributed by atoms with Gasteiger partial charge >= 0.3 is 0 Å². The first kappa shape index (κ1) is 7.69. The van der Waals surface area contributed by atoms with Crippen LogP contribution in [0, 0.1) is 0 Å². The summed E-state index contributed by atoms with van der Waals surface area (Å²) in [5, 5.41) is 3.18. The fraction of sp³-hybridized carbons (Fsp3) is 0. The molecular weight excluding hydrogens is 166 g/mol. The summed E-state index contributed by atoms with van der Waals surface area (Å²) in [6, 6.07) is 12.3. The lowest BCUT2D eigenvalue weighted by Crippen LogP contribution is -2.00. The Labute approximate surface area is 77.6 Å². The van der Waals surface area contributed by atoms with Crippen LogP contribution in [0.1, 0.15) is 0 Å². The standard InChI is InChI=1S/C10H8BCl/c11-8-5-7-3-1-2-4-9(7)10(12)6-8/h1-6H,11H2. The molecule has 0 nitrogen and oxygen atoms in total. The molecule has 0 saturated carbocycles. The van der Waals surface area contributed by atoms with Crippen LogP contribution in [0.2, 0.25) is 5.02 Å². The smallest absolute Gasteiger partial charge is 0.0869 e. The van der Waals surface area contributed by atoms with E-state index in [0.717, 1.165) is 10.4 Å². The van der Waals surface area contributed by atoms with Gasteiger partial charge in [-0.05, 0) is 11.5 Å². The highest BCUT2D eigenvalue weighted by Gasteiger charge is 1.97. The minimum Gasteiger partial charge on any atom is -0.0869 e. The third-order valence-corrected chi connectivity index (χ3v) is 2.27. The molecular formula is C10H8BCl. The molecule has 58 valence electrons. The summed E-state index contributed by atoms with van der Waals surface area (Å²) in [5.41, 5.74) is 1.21. The van der Waals surface area contributed by atoms with Crippen molar-refractivity contribution >= 4 is 35.7 Å². The molecule has 0 aliphatic carbocycles. The predicted molar refractivity (Wildman–Crippen MR) is 57.1 cm³/mol. The number of halogens is 1. The summed E-state index contributed by atoms with van der Waals surface area (Å²) in [7, 11) is 2.05. The van der Waals surface area contributed by atoms with Gasteiger partial charge < -0.3 is 0 Å². The number of fused-ring (bicyclic) bond motifs is 1. The molecule has 0 fully saturated rings. The van der Waals surface area contributed by atoms with Crippen molar-refractivity contribution in [3.05, 3.63) is 41.4 Å². The Bertz CT molecular complexity index is 423. The molecule has 0 radical (unpaired) electrons. The zero-order chi connectivity index (χ0) is 8.55. The lowest BCUT2D eigenvalue weighted by molar-refractivity contribution is 1.78. The first-order valence-corrected chi connectivity index (χ1v) is 4.30. The van der Waals surface area contributed by atoms with Gasteiger partial charge in [-0.25, -0.2) is 0 Å². The van der Waals surface area contributed by atoms with Crippen LogP contribution in [0.3, 0.4) is 0 Å². The number of benzene rings is 2. The molecule has 2 heteroatoms. The molecule has 2 rings (SSSR count). The Morgan fingerprint density at radius 3 is 2.67 bits per heavy atom. The van der Waals surface area contributed by atoms with E-state index in [-0.39, 0.29) is 0 Å². The Morgan fingerprint density at radius 2 is 1.83 bits per heavy atom. The quantitative estimate of drug-likeness (QED) is 0.534. The predicted octanol–water partition coefficient (Wildman–Crippen LogP) is 1.75. The molecule has 2 aromatic rings. The van der Waals surface area contributed by atoms with Crippen LogP contribution in [-0.4, -0.2) is 7.85 Å². The van der Waals surface area contributed by atoms with Gasteiger partial charge in [0.05, 0.1) is 0 Å². The third-order valence-electron chi connectivity index (χ3n) is 1.96. The van der Waals surface area contributed by atoms with Crippen LogP contribution in [-0.2, 0) is 0 Å². The summed E-state index contributed by atoms with van der Waals surface area (Å²) >= 11 is 6.06. The highest BCUT2D eigenvalue weighted by atomic mass is 35.5. The van der Waals surface area contributed by atoms with Crippen molar-refractivity contribution in [2.75, 3.05) is 0 Å². The highest BCUT2D eigenvalue weighted by molar-refractivity contribution is 6.40. The second-order valence-corrected chi connectivity index (χ2v) is 3.38. The van der Waals surface area contributed by atoms with Gasteiger partial charge in [0.2, 0.25) is 0 Å². The Balaban J connectivity index is 2.89. The number of hydrogen-bond donors (Lipinski definition) is 0. The second-order valence-electron chi connectivity index (χ2n) is 2.97. The number of hydrogen-bond acceptors (Lipinski definition) is 0. The lowest BCUT2D eigenvalue weighted by Gasteiger charge is -2.01. The molecule has 0 aliphatic rings. The SMILES string of the molecule is Bc1cc(Cl)c2ccccc2c1. The fourth-order valence-corrected chi connectivity index (χ4v) is 1.75. The zero-order valence-corrected chi connectivity index (χ0v) is 7.60. The normalized spacial score (nSPS) is 10.4. The van der Waals surface area contributed by atoms with Crippen molar-refractivity contribution in [3.8, 4) is 0 Å². The monoisotopic (exact) mass is 174 g/mol. The van der Waals surface area contributed by atoms with E-state index in [1.165, 1.54) is 10.8 Å². The van der Waals surface area contributed by atoms with E-state index in [1.807, 2.05) is 24.3 Å². The molecule has 12 heavy (non-hydrogen) atoms. The zero-order valence-electron chi connectivity index (χ0n) is 6.84. The minimum atomic E-state index is 0.839. The molecule has 2 aromatic carbocycles. The van der Waals surface area contributed by atoms with Gasteiger partial charge in [-0.3, -0.25) is 0 Å². The van der Waals surface area contributed by atoms with Gasteiger partial charge in [0.15, 0.2) is 0 Å². The van der Waals surface area contributed by atoms with Crippen molar-refractivity contribution < 1.29 is 0 Å². The maximum atomic E-state index is 6.06. The van der Waals surface area contributed by atoms with E-state index in [1.54, 1.807) is 0 Å². The summed E-state index contributed by atoms with van der Waals surface area (Å²) in [6.07, 6.45) is 0. The maximum Gasteiger partial charge on any atom is 0.139 e. The van der Waals surface area contributed by atoms with E-state index in [2.05, 4.69) is 20.0 Å². The molecule has 0 atom stereocenters. The molecule has 0 amide bonds. The number of rotatable bonds is 0. The van der Waals surface area contributed by atoms with E-state index in [4.69, 9.17) is 11.6 Å². The van der Waals surface area contributed by atoms with E-state index in [0.29, 0.717) is 0 Å². The Hall–Kier alpha value is -0.945. The second kappa shape index (κ2) is 2.83. The van der Waals surface area contributed by atoms with Gasteiger partial charge in [-0.2, -0.15) is 0 Å². The molecule has 0 N–H and O–H groups in total. The van der Waals surface area contributed by atoms with Gasteiger partial charge in [0, 0.05) is 10.4 Å². The molecule has 0 saturated heterocycles. The van der Waals surface area contributed by atoms with Crippen molar-refractivity contribution in [2.24, 2.45) is 0 Å². The van der Waals surface area contributed by atoms with Gasteiger partial charge in [0.1, 0.15) is 7.85 Å². The van der Waals surface area contributed by atoms with Gasteiger partial charge in [0.25, 0.3) is 0 Å². The largest absolute Gasteiger partial charge is 0.139 e. The lowest BCUT2D eigenvalue weighted by atomic mass is 9.93. The highest BCUT2D eigenvalue weighted by Crippen LogP contribution is 2.20. The maximum absolute atomic E-state index is 6.06. The molecule has 0 heterocycles. The van der Waals surface area contributed by atoms with Crippen LogP contribution in [0.15, 0.2) is 36.4 Å². The van der Waals surface area contributed by atoms with Crippen LogP contribution in [0.5, 0.6) is 0 Å². The van der Waals surface area contributed by atoms with Crippen molar-refractivity contribution in [3.63, 3.8) is 0 Å². The minimum absolute atomic E-state index is 0.839. The summed E-state index contributed by atoms with van der Waals surface area (Å²) in [4.78, 5) is 0. The summed E-state index contributed by atoms with van der Waals surface area (Å²) in [5.74, 6) is 0. The first-order chi connectivity index (χ1) is 5.77. The van der Waals surface area contributed by atoms with E-state index in [9.17, 15) is 0 Å². The van der Waals surface area contributed by atoms with Crippen LogP contribution >= 0.6 is 11.6 Å². The van der Waals surface area contributed by atoms with Gasteiger partial charge in [-0.1, -0.05) is 47.4 Å². The molecule has 0 bridgehead atoms. The average molecular weight is 174 g/mol. The fourth-order valence-electron chi connectivity index (χ4n) is 1.40. The van der Waals surface area contributed by atoms with Crippen LogP contribution in [0.25, 0.3) is 10.8 Å². The van der Waals surface area contributed by atoms with E-state index >= 15 is 0 Å². The van der Waals surface area contributed by atoms with Crippen LogP contribution < -0.4 is 5.46 Å². The Kier molecular flexibility index (Phi) is 1.82. The Morgan fingerprint density at radius 1 is 1.08 bits per heavy atom. The van der Waals surface area contributed by atoms with Crippen molar-refractivity contribution in [1.82, 2.24) is 0 Å². The molecule has 0 aromatic heterocycles.